The Kier molecular flexibility index (Phi) is 15.0. The molecule has 0 saturated heterocycles. The molecule has 10 rings (SSSR count). The highest BCUT2D eigenvalue weighted by Gasteiger charge is 2.18. The highest BCUT2D eigenvalue weighted by atomic mass is 15.2. The Balaban J connectivity index is 1.07. The van der Waals surface area contributed by atoms with E-state index in [1.165, 1.54) is 33.4 Å². The molecule has 0 fully saturated rings. The number of benzene rings is 10. The normalized spacial score (nSPS) is 11.1. The fourth-order valence-corrected chi connectivity index (χ4v) is 10.2. The summed E-state index contributed by atoms with van der Waals surface area (Å²) in [5, 5.41) is 0. The van der Waals surface area contributed by atoms with E-state index >= 15 is 0 Å². The molecule has 3 nitrogen and oxygen atoms in total. The van der Waals surface area contributed by atoms with E-state index in [1.54, 1.807) is 0 Å². The summed E-state index contributed by atoms with van der Waals surface area (Å²) >= 11 is 0. The molecule has 0 aliphatic heterocycles. The SMILES string of the molecule is CCc1cccc(N(c2ccc(-c3cc(-c4ccc(N(c5cccc(CC)c5)c5cccc(CC)c5)cc4)cc(-c4ccc(N(c5cccc(CC)c5)c5cccc(CC)c5)cc4)c3)cc2)c2cccc(C)c2)c1. The van der Waals surface area contributed by atoms with Gasteiger partial charge in [0.2, 0.25) is 0 Å². The lowest BCUT2D eigenvalue weighted by Gasteiger charge is -2.27. The quantitative estimate of drug-likeness (QED) is 0.0900. The van der Waals surface area contributed by atoms with Crippen LogP contribution in [-0.4, -0.2) is 0 Å². The van der Waals surface area contributed by atoms with Gasteiger partial charge in [-0.05, 0) is 233 Å². The Bertz CT molecular complexity index is 3240. The van der Waals surface area contributed by atoms with Crippen molar-refractivity contribution < 1.29 is 0 Å². The second-order valence-corrected chi connectivity index (χ2v) is 19.4. The summed E-state index contributed by atoms with van der Waals surface area (Å²) in [5.41, 5.74) is 25.1. The number of aryl methyl sites for hydroxylation is 6. The monoisotopic (exact) mass is 962 g/mol. The summed E-state index contributed by atoms with van der Waals surface area (Å²) in [6.07, 6.45) is 4.91. The van der Waals surface area contributed by atoms with Gasteiger partial charge in [-0.1, -0.05) is 144 Å². The maximum atomic E-state index is 2.39. The van der Waals surface area contributed by atoms with Gasteiger partial charge in [0.05, 0.1) is 0 Å². The number of rotatable bonds is 17. The number of hydrogen-bond donors (Lipinski definition) is 0. The highest BCUT2D eigenvalue weighted by Crippen LogP contribution is 2.42. The van der Waals surface area contributed by atoms with Crippen LogP contribution >= 0.6 is 0 Å². The molecule has 0 unspecified atom stereocenters. The van der Waals surface area contributed by atoms with Crippen LogP contribution in [0.5, 0.6) is 0 Å². The molecular formula is C71H67N3. The summed E-state index contributed by atoms with van der Waals surface area (Å²) in [4.78, 5) is 7.17. The molecule has 0 aromatic heterocycles. The van der Waals surface area contributed by atoms with Crippen LogP contribution in [0.1, 0.15) is 68.0 Å². The van der Waals surface area contributed by atoms with Gasteiger partial charge in [0.25, 0.3) is 0 Å². The minimum absolute atomic E-state index is 0.981. The summed E-state index contributed by atoms with van der Waals surface area (Å²) < 4.78 is 0. The average Bonchev–Trinajstić information content (AvgIpc) is 3.46. The first-order valence-corrected chi connectivity index (χ1v) is 26.7. The molecule has 366 valence electrons. The summed E-state index contributed by atoms with van der Waals surface area (Å²) in [6.45, 7) is 13.3. The van der Waals surface area contributed by atoms with Crippen molar-refractivity contribution >= 4 is 51.2 Å². The highest BCUT2D eigenvalue weighted by molar-refractivity contribution is 5.86. The topological polar surface area (TPSA) is 9.72 Å². The second-order valence-electron chi connectivity index (χ2n) is 19.4. The number of anilines is 9. The molecule has 0 aliphatic rings. The van der Waals surface area contributed by atoms with Crippen molar-refractivity contribution in [3.8, 4) is 33.4 Å². The lowest BCUT2D eigenvalue weighted by molar-refractivity contribution is 1.12. The molecule has 0 saturated carbocycles. The minimum atomic E-state index is 0.981. The third kappa shape index (κ3) is 10.8. The van der Waals surface area contributed by atoms with Gasteiger partial charge in [0.1, 0.15) is 0 Å². The van der Waals surface area contributed by atoms with Crippen molar-refractivity contribution in [3.63, 3.8) is 0 Å². The zero-order valence-electron chi connectivity index (χ0n) is 43.9. The average molecular weight is 962 g/mol. The fourth-order valence-electron chi connectivity index (χ4n) is 10.2. The molecule has 3 heteroatoms. The standard InChI is InChI=1S/C71H67N3/c1-7-52-19-13-25-67(43-52)72(66-24-12-18-51(6)42-66)63-36-30-57(31-37-63)60-48-61(58-32-38-64(39-33-58)73(68-26-14-20-53(8-2)44-68)69-27-15-21-54(9-3)45-69)50-62(49-60)59-34-40-65(41-35-59)74(70-28-16-22-55(10-4)46-70)71-29-17-23-56(11-5)47-71/h12-50H,7-11H2,1-6H3. The zero-order valence-corrected chi connectivity index (χ0v) is 43.9. The van der Waals surface area contributed by atoms with Crippen molar-refractivity contribution in [2.45, 2.75) is 73.6 Å². The molecular weight excluding hydrogens is 895 g/mol. The largest absolute Gasteiger partial charge is 0.310 e. The number of hydrogen-bond acceptors (Lipinski definition) is 3. The van der Waals surface area contributed by atoms with E-state index in [0.717, 1.165) is 117 Å². The van der Waals surface area contributed by atoms with Crippen molar-refractivity contribution in [2.24, 2.45) is 0 Å². The van der Waals surface area contributed by atoms with Crippen LogP contribution in [0.2, 0.25) is 0 Å². The van der Waals surface area contributed by atoms with E-state index in [0.29, 0.717) is 0 Å². The maximum Gasteiger partial charge on any atom is 0.0464 e. The number of nitrogens with zero attached hydrogens (tertiary/aromatic N) is 3. The van der Waals surface area contributed by atoms with E-state index < -0.39 is 0 Å². The van der Waals surface area contributed by atoms with Gasteiger partial charge in [0, 0.05) is 51.2 Å². The lowest BCUT2D eigenvalue weighted by atomic mass is 9.93. The Morgan fingerprint density at radius 3 is 0.676 bits per heavy atom. The first kappa shape index (κ1) is 49.2. The predicted molar refractivity (Wildman–Crippen MR) is 318 cm³/mol. The van der Waals surface area contributed by atoms with E-state index in [9.17, 15) is 0 Å². The zero-order chi connectivity index (χ0) is 51.0. The third-order valence-electron chi connectivity index (χ3n) is 14.5. The molecule has 0 radical (unpaired) electrons. The Morgan fingerprint density at radius 1 is 0.216 bits per heavy atom. The summed E-state index contributed by atoms with van der Waals surface area (Å²) in [5.74, 6) is 0. The predicted octanol–water partition coefficient (Wildman–Crippen LogP) is 20.2. The molecule has 0 spiro atoms. The summed E-state index contributed by atoms with van der Waals surface area (Å²) in [7, 11) is 0. The molecule has 0 heterocycles. The van der Waals surface area contributed by atoms with E-state index in [2.05, 4.69) is 293 Å². The van der Waals surface area contributed by atoms with Crippen LogP contribution in [-0.2, 0) is 32.1 Å². The van der Waals surface area contributed by atoms with Crippen molar-refractivity contribution in [3.05, 3.63) is 270 Å². The molecule has 0 N–H and O–H groups in total. The van der Waals surface area contributed by atoms with Crippen LogP contribution < -0.4 is 14.7 Å². The first-order valence-electron chi connectivity index (χ1n) is 26.7. The van der Waals surface area contributed by atoms with Crippen molar-refractivity contribution in [1.82, 2.24) is 0 Å². The van der Waals surface area contributed by atoms with Crippen LogP contribution in [0.15, 0.2) is 237 Å². The van der Waals surface area contributed by atoms with Gasteiger partial charge < -0.3 is 14.7 Å². The third-order valence-corrected chi connectivity index (χ3v) is 14.5. The maximum absolute atomic E-state index is 2.39. The second kappa shape index (κ2) is 22.6. The minimum Gasteiger partial charge on any atom is -0.310 e. The van der Waals surface area contributed by atoms with Crippen LogP contribution in [0.25, 0.3) is 33.4 Å². The van der Waals surface area contributed by atoms with E-state index in [1.807, 2.05) is 0 Å². The van der Waals surface area contributed by atoms with Crippen molar-refractivity contribution in [2.75, 3.05) is 14.7 Å². The molecule has 74 heavy (non-hydrogen) atoms. The van der Waals surface area contributed by atoms with Crippen LogP contribution in [0.4, 0.5) is 51.2 Å². The Hall–Kier alpha value is -8.40. The van der Waals surface area contributed by atoms with Gasteiger partial charge in [-0.25, -0.2) is 0 Å². The lowest BCUT2D eigenvalue weighted by Crippen LogP contribution is -2.10. The van der Waals surface area contributed by atoms with Gasteiger partial charge in [-0.3, -0.25) is 0 Å². The molecule has 0 aliphatic carbocycles. The van der Waals surface area contributed by atoms with E-state index in [-0.39, 0.29) is 0 Å². The van der Waals surface area contributed by atoms with Gasteiger partial charge in [-0.2, -0.15) is 0 Å². The van der Waals surface area contributed by atoms with Gasteiger partial charge in [0.15, 0.2) is 0 Å². The molecule has 10 aromatic carbocycles. The molecule has 10 aromatic rings. The Labute approximate surface area is 440 Å². The van der Waals surface area contributed by atoms with Gasteiger partial charge in [-0.15, -0.1) is 0 Å². The molecule has 0 amide bonds. The van der Waals surface area contributed by atoms with Crippen molar-refractivity contribution in [1.29, 1.82) is 0 Å². The summed E-state index contributed by atoms with van der Waals surface area (Å²) in [6, 6.07) is 88.0. The fraction of sp³-hybridized carbons (Fsp3) is 0.155. The molecule has 0 bridgehead atoms. The smallest absolute Gasteiger partial charge is 0.0464 e. The van der Waals surface area contributed by atoms with Crippen LogP contribution in [0.3, 0.4) is 0 Å². The molecule has 0 atom stereocenters. The van der Waals surface area contributed by atoms with Crippen LogP contribution in [0, 0.1) is 6.92 Å². The van der Waals surface area contributed by atoms with Gasteiger partial charge >= 0.3 is 0 Å². The Morgan fingerprint density at radius 2 is 0.446 bits per heavy atom. The van der Waals surface area contributed by atoms with E-state index in [4.69, 9.17) is 0 Å². The first-order chi connectivity index (χ1) is 36.3.